The van der Waals surface area contributed by atoms with Gasteiger partial charge in [-0.1, -0.05) is 40.0 Å². The van der Waals surface area contributed by atoms with Gasteiger partial charge < -0.3 is 5.11 Å². The Morgan fingerprint density at radius 3 is 2.25 bits per heavy atom. The number of unbranched alkanes of at least 4 members (excludes halogenated alkanes) is 2. The number of carbonyl (C=O) groups is 1. The van der Waals surface area contributed by atoms with Gasteiger partial charge in [-0.05, 0) is 12.3 Å². The van der Waals surface area contributed by atoms with Crippen LogP contribution in [0, 0.1) is 11.8 Å². The lowest BCUT2D eigenvalue weighted by Gasteiger charge is -2.15. The van der Waals surface area contributed by atoms with E-state index in [0.717, 1.165) is 25.7 Å². The van der Waals surface area contributed by atoms with E-state index < -0.39 is 5.97 Å². The Morgan fingerprint density at radius 2 is 1.92 bits per heavy atom. The van der Waals surface area contributed by atoms with E-state index in [0.29, 0.717) is 0 Å². The Morgan fingerprint density at radius 1 is 1.33 bits per heavy atom. The van der Waals surface area contributed by atoms with Crippen LogP contribution in [0.4, 0.5) is 0 Å². The van der Waals surface area contributed by atoms with Crippen LogP contribution in [0.5, 0.6) is 0 Å². The SMILES string of the molecule is CCCCC[C@@H](C(=O)O)C(C)C. The van der Waals surface area contributed by atoms with Crippen molar-refractivity contribution in [2.75, 3.05) is 0 Å². The topological polar surface area (TPSA) is 37.3 Å². The van der Waals surface area contributed by atoms with Gasteiger partial charge in [-0.3, -0.25) is 4.79 Å². The molecule has 0 aliphatic heterocycles. The molecule has 0 heterocycles. The quantitative estimate of drug-likeness (QED) is 0.625. The molecule has 0 rings (SSSR count). The zero-order valence-corrected chi connectivity index (χ0v) is 8.34. The van der Waals surface area contributed by atoms with Crippen LogP contribution in [0.3, 0.4) is 0 Å². The van der Waals surface area contributed by atoms with Crippen molar-refractivity contribution in [3.05, 3.63) is 0 Å². The van der Waals surface area contributed by atoms with Gasteiger partial charge in [-0.25, -0.2) is 0 Å². The van der Waals surface area contributed by atoms with Crippen molar-refractivity contribution < 1.29 is 9.90 Å². The summed E-state index contributed by atoms with van der Waals surface area (Å²) < 4.78 is 0. The molecule has 72 valence electrons. The maximum Gasteiger partial charge on any atom is 0.306 e. The van der Waals surface area contributed by atoms with E-state index >= 15 is 0 Å². The third-order valence-corrected chi connectivity index (χ3v) is 2.24. The van der Waals surface area contributed by atoms with Crippen LogP contribution in [0.25, 0.3) is 0 Å². The lowest BCUT2D eigenvalue weighted by molar-refractivity contribution is -0.143. The summed E-state index contributed by atoms with van der Waals surface area (Å²) in [6, 6.07) is 0. The second kappa shape index (κ2) is 6.04. The third kappa shape index (κ3) is 4.37. The van der Waals surface area contributed by atoms with Crippen LogP contribution in [0.1, 0.15) is 46.5 Å². The van der Waals surface area contributed by atoms with E-state index in [1.54, 1.807) is 0 Å². The highest BCUT2D eigenvalue weighted by molar-refractivity contribution is 5.70. The van der Waals surface area contributed by atoms with E-state index in [1.165, 1.54) is 0 Å². The first kappa shape index (κ1) is 11.5. The number of aliphatic carboxylic acids is 1. The molecule has 0 spiro atoms. The molecule has 0 aromatic carbocycles. The molecule has 0 aromatic rings. The number of carboxylic acid groups (broad SMARTS) is 1. The summed E-state index contributed by atoms with van der Waals surface area (Å²) in [4.78, 5) is 10.7. The van der Waals surface area contributed by atoms with E-state index in [9.17, 15) is 4.79 Å². The van der Waals surface area contributed by atoms with Gasteiger partial charge in [0.05, 0.1) is 5.92 Å². The summed E-state index contributed by atoms with van der Waals surface area (Å²) in [6.45, 7) is 6.08. The number of hydrogen-bond donors (Lipinski definition) is 1. The summed E-state index contributed by atoms with van der Waals surface area (Å²) in [6.07, 6.45) is 4.19. The smallest absolute Gasteiger partial charge is 0.306 e. The van der Waals surface area contributed by atoms with Crippen molar-refractivity contribution in [3.8, 4) is 0 Å². The molecule has 0 amide bonds. The Balaban J connectivity index is 3.72. The highest BCUT2D eigenvalue weighted by Gasteiger charge is 2.20. The molecule has 2 nitrogen and oxygen atoms in total. The monoisotopic (exact) mass is 172 g/mol. The number of carboxylic acids is 1. The molecule has 0 aliphatic carbocycles. The standard InChI is InChI=1S/C10H20O2/c1-4-5-6-7-9(8(2)3)10(11)12/h8-9H,4-7H2,1-3H3,(H,11,12)/t9-/m1/s1. The fourth-order valence-corrected chi connectivity index (χ4v) is 1.36. The second-order valence-corrected chi connectivity index (χ2v) is 3.68. The average molecular weight is 172 g/mol. The summed E-state index contributed by atoms with van der Waals surface area (Å²) in [5.74, 6) is -0.517. The van der Waals surface area contributed by atoms with Gasteiger partial charge in [0, 0.05) is 0 Å². The first-order valence-corrected chi connectivity index (χ1v) is 4.82. The molecule has 12 heavy (non-hydrogen) atoms. The molecule has 0 aromatic heterocycles. The predicted octanol–water partition coefficient (Wildman–Crippen LogP) is 2.92. The minimum atomic E-state index is -0.638. The minimum absolute atomic E-state index is 0.142. The third-order valence-electron chi connectivity index (χ3n) is 2.24. The molecule has 0 saturated carbocycles. The van der Waals surface area contributed by atoms with Gasteiger partial charge in [0.2, 0.25) is 0 Å². The normalized spacial score (nSPS) is 13.3. The zero-order chi connectivity index (χ0) is 9.56. The zero-order valence-electron chi connectivity index (χ0n) is 8.34. The molecule has 0 radical (unpaired) electrons. The Labute approximate surface area is 75.0 Å². The molecule has 0 aliphatic rings. The Kier molecular flexibility index (Phi) is 5.77. The van der Waals surface area contributed by atoms with Gasteiger partial charge in [0.25, 0.3) is 0 Å². The Bertz CT molecular complexity index is 130. The Hall–Kier alpha value is -0.530. The number of rotatable bonds is 6. The lowest BCUT2D eigenvalue weighted by atomic mass is 9.90. The van der Waals surface area contributed by atoms with Crippen molar-refractivity contribution in [2.45, 2.75) is 46.5 Å². The van der Waals surface area contributed by atoms with Gasteiger partial charge in [-0.15, -0.1) is 0 Å². The molecule has 0 fully saturated rings. The summed E-state index contributed by atoms with van der Waals surface area (Å²) in [5.41, 5.74) is 0. The van der Waals surface area contributed by atoms with Crippen molar-refractivity contribution >= 4 is 5.97 Å². The molecular formula is C10H20O2. The van der Waals surface area contributed by atoms with Gasteiger partial charge in [0.15, 0.2) is 0 Å². The second-order valence-electron chi connectivity index (χ2n) is 3.68. The van der Waals surface area contributed by atoms with Crippen LogP contribution in [-0.4, -0.2) is 11.1 Å². The van der Waals surface area contributed by atoms with E-state index in [-0.39, 0.29) is 11.8 Å². The first-order valence-electron chi connectivity index (χ1n) is 4.82. The minimum Gasteiger partial charge on any atom is -0.481 e. The predicted molar refractivity (Wildman–Crippen MR) is 50.1 cm³/mol. The van der Waals surface area contributed by atoms with Crippen molar-refractivity contribution in [3.63, 3.8) is 0 Å². The van der Waals surface area contributed by atoms with Gasteiger partial charge >= 0.3 is 5.97 Å². The van der Waals surface area contributed by atoms with Crippen molar-refractivity contribution in [1.82, 2.24) is 0 Å². The molecular weight excluding hydrogens is 152 g/mol. The lowest BCUT2D eigenvalue weighted by Crippen LogP contribution is -2.19. The van der Waals surface area contributed by atoms with Crippen LogP contribution in [0.15, 0.2) is 0 Å². The van der Waals surface area contributed by atoms with Gasteiger partial charge in [-0.2, -0.15) is 0 Å². The average Bonchev–Trinajstić information content (AvgIpc) is 1.96. The van der Waals surface area contributed by atoms with Crippen LogP contribution < -0.4 is 0 Å². The maximum absolute atomic E-state index is 10.7. The van der Waals surface area contributed by atoms with E-state index in [4.69, 9.17) is 5.11 Å². The largest absolute Gasteiger partial charge is 0.481 e. The van der Waals surface area contributed by atoms with Crippen LogP contribution in [-0.2, 0) is 4.79 Å². The first-order chi connectivity index (χ1) is 5.59. The molecule has 1 atom stereocenters. The molecule has 0 bridgehead atoms. The number of hydrogen-bond acceptors (Lipinski definition) is 1. The molecule has 1 N–H and O–H groups in total. The fraction of sp³-hybridized carbons (Fsp3) is 0.900. The summed E-state index contributed by atoms with van der Waals surface area (Å²) in [5, 5.41) is 8.84. The highest BCUT2D eigenvalue weighted by Crippen LogP contribution is 2.18. The molecule has 2 heteroatoms. The van der Waals surface area contributed by atoms with E-state index in [1.807, 2.05) is 13.8 Å². The van der Waals surface area contributed by atoms with Crippen molar-refractivity contribution in [2.24, 2.45) is 11.8 Å². The fourth-order valence-electron chi connectivity index (χ4n) is 1.36. The molecule has 0 saturated heterocycles. The highest BCUT2D eigenvalue weighted by atomic mass is 16.4. The van der Waals surface area contributed by atoms with Crippen LogP contribution >= 0.6 is 0 Å². The summed E-state index contributed by atoms with van der Waals surface area (Å²) >= 11 is 0. The van der Waals surface area contributed by atoms with Gasteiger partial charge in [0.1, 0.15) is 0 Å². The van der Waals surface area contributed by atoms with Crippen LogP contribution in [0.2, 0.25) is 0 Å². The van der Waals surface area contributed by atoms with E-state index in [2.05, 4.69) is 6.92 Å². The maximum atomic E-state index is 10.7. The summed E-state index contributed by atoms with van der Waals surface area (Å²) in [7, 11) is 0. The van der Waals surface area contributed by atoms with Crippen molar-refractivity contribution in [1.29, 1.82) is 0 Å². The molecule has 0 unspecified atom stereocenters.